The lowest BCUT2D eigenvalue weighted by Crippen LogP contribution is -2.50. The number of nitrogen functional groups attached to an aromatic ring is 2. The average molecular weight is 480 g/mol. The second-order valence-corrected chi connectivity index (χ2v) is 7.34. The molecule has 0 aliphatic carbocycles. The van der Waals surface area contributed by atoms with E-state index in [0.717, 1.165) is 21.8 Å². The van der Waals surface area contributed by atoms with Crippen molar-refractivity contribution < 1.29 is 30.6 Å². The normalized spacial score (nSPS) is 17.5. The first-order valence-corrected chi connectivity index (χ1v) is 9.54. The number of aromatic nitrogens is 8. The molecule has 0 spiro atoms. The number of rotatable bonds is 7. The fourth-order valence-corrected chi connectivity index (χ4v) is 3.43. The minimum atomic E-state index is -2.26. The first-order chi connectivity index (χ1) is 16.0. The third-order valence-electron chi connectivity index (χ3n) is 5.15. The summed E-state index contributed by atoms with van der Waals surface area (Å²) in [5, 5.41) is 62.4. The number of nitrogens with one attached hydrogen (secondary N) is 2. The molecule has 182 valence electrons. The molecule has 4 heterocycles. The van der Waals surface area contributed by atoms with Gasteiger partial charge in [-0.25, -0.2) is 9.97 Å². The van der Waals surface area contributed by atoms with Crippen LogP contribution in [0.15, 0.2) is 22.2 Å². The summed E-state index contributed by atoms with van der Waals surface area (Å²) in [6, 6.07) is 0. The van der Waals surface area contributed by atoms with Gasteiger partial charge in [-0.2, -0.15) is 9.97 Å². The summed E-state index contributed by atoms with van der Waals surface area (Å²) in [6.07, 6.45) is -11.1. The van der Waals surface area contributed by atoms with Crippen molar-refractivity contribution in [3.8, 4) is 0 Å². The topological polar surface area (TPSA) is 301 Å². The molecule has 4 aromatic rings. The van der Waals surface area contributed by atoms with Gasteiger partial charge in [0.15, 0.2) is 34.8 Å². The number of aliphatic hydroxyl groups is 6. The summed E-state index contributed by atoms with van der Waals surface area (Å²) < 4.78 is 1.53. The zero-order chi connectivity index (χ0) is 24.9. The first kappa shape index (κ1) is 23.2. The van der Waals surface area contributed by atoms with Gasteiger partial charge in [0.1, 0.15) is 37.1 Å². The Balaban J connectivity index is 1.58. The molecule has 0 aliphatic heterocycles. The Labute approximate surface area is 186 Å². The number of imidazole rings is 2. The molecule has 18 heteroatoms. The largest absolute Gasteiger partial charge is 0.387 e. The molecule has 34 heavy (non-hydrogen) atoms. The molecular formula is C16H20N10O8. The number of H-pyrrole nitrogens is 2. The van der Waals surface area contributed by atoms with Crippen molar-refractivity contribution in [1.82, 2.24) is 39.0 Å². The molecule has 0 aliphatic rings. The number of anilines is 2. The van der Waals surface area contributed by atoms with Gasteiger partial charge in [-0.15, -0.1) is 0 Å². The first-order valence-electron chi connectivity index (χ1n) is 9.54. The maximum Gasteiger partial charge on any atom is 0.278 e. The molecule has 18 nitrogen and oxygen atoms in total. The van der Waals surface area contributed by atoms with Crippen LogP contribution in [0.25, 0.3) is 22.3 Å². The van der Waals surface area contributed by atoms with Crippen LogP contribution in [0.1, 0.15) is 12.5 Å². The minimum absolute atomic E-state index is 0.163. The highest BCUT2D eigenvalue weighted by atomic mass is 16.4. The van der Waals surface area contributed by atoms with Crippen LogP contribution in [0.2, 0.25) is 0 Å². The number of aromatic amines is 2. The fourth-order valence-electron chi connectivity index (χ4n) is 3.43. The number of nitrogens with zero attached hydrogens (tertiary/aromatic N) is 6. The molecule has 4 aromatic heterocycles. The van der Waals surface area contributed by atoms with E-state index in [1.807, 2.05) is 0 Å². The molecule has 0 bridgehead atoms. The zero-order valence-electron chi connectivity index (χ0n) is 17.0. The van der Waals surface area contributed by atoms with Crippen molar-refractivity contribution in [1.29, 1.82) is 0 Å². The number of fused-ring (bicyclic) bond motifs is 2. The SMILES string of the molecule is Nc1nc2ncn(C(O)[C@@H](O)[C@H](O)[C@H](O)[C@@H](O)C(O)n3cnc4nc(N)[nH]c(=O)c43)c2c(=O)[nH]1. The van der Waals surface area contributed by atoms with E-state index in [1.165, 1.54) is 0 Å². The average Bonchev–Trinajstić information content (AvgIpc) is 3.40. The van der Waals surface area contributed by atoms with Crippen LogP contribution in [0.3, 0.4) is 0 Å². The van der Waals surface area contributed by atoms with E-state index in [-0.39, 0.29) is 34.2 Å². The lowest BCUT2D eigenvalue weighted by molar-refractivity contribution is -0.173. The molecule has 0 fully saturated rings. The van der Waals surface area contributed by atoms with E-state index in [1.54, 1.807) is 0 Å². The van der Waals surface area contributed by atoms with E-state index >= 15 is 0 Å². The fraction of sp³-hybridized carbons (Fsp3) is 0.375. The Bertz CT molecular complexity index is 1350. The molecule has 0 saturated carbocycles. The molecule has 0 saturated heterocycles. The van der Waals surface area contributed by atoms with Crippen LogP contribution in [0.5, 0.6) is 0 Å². The Kier molecular flexibility index (Phi) is 5.77. The maximum absolute atomic E-state index is 12.1. The lowest BCUT2D eigenvalue weighted by atomic mass is 10.0. The quantitative estimate of drug-likeness (QED) is 0.118. The molecule has 4 rings (SSSR count). The van der Waals surface area contributed by atoms with Gasteiger partial charge >= 0.3 is 0 Å². The van der Waals surface area contributed by atoms with Crippen LogP contribution in [0, 0.1) is 0 Å². The van der Waals surface area contributed by atoms with E-state index < -0.39 is 48.0 Å². The summed E-state index contributed by atoms with van der Waals surface area (Å²) in [6.45, 7) is 0. The highest BCUT2D eigenvalue weighted by molar-refractivity contribution is 5.71. The third kappa shape index (κ3) is 3.75. The van der Waals surface area contributed by atoms with E-state index in [2.05, 4.69) is 29.9 Å². The summed E-state index contributed by atoms with van der Waals surface area (Å²) in [5.74, 6) is -0.483. The van der Waals surface area contributed by atoms with Crippen molar-refractivity contribution in [2.75, 3.05) is 11.5 Å². The standard InChI is InChI=1S/C16H20N10O8/c17-15-21-9-3(11(31)23-15)25(1-19-9)13(33)7(29)5(27)6(28)8(30)14(34)26-2-20-10-4(26)12(32)24-16(18)22-10/h1-2,5-8,13-14,27-30,33-34H,(H3,17,21,23,31)(H3,18,22,24,32)/t5-,6+,7+,8-,13?,14?. The third-order valence-corrected chi connectivity index (χ3v) is 5.15. The van der Waals surface area contributed by atoms with Crippen LogP contribution < -0.4 is 22.6 Å². The van der Waals surface area contributed by atoms with Gasteiger partial charge < -0.3 is 42.1 Å². The predicted octanol–water partition coefficient (Wildman–Crippen LogP) is -5.16. The summed E-state index contributed by atoms with van der Waals surface area (Å²) in [5.41, 5.74) is 8.33. The van der Waals surface area contributed by atoms with Gasteiger partial charge in [0.05, 0.1) is 0 Å². The lowest BCUT2D eigenvalue weighted by Gasteiger charge is -2.31. The van der Waals surface area contributed by atoms with Crippen LogP contribution >= 0.6 is 0 Å². The zero-order valence-corrected chi connectivity index (χ0v) is 17.0. The molecule has 0 amide bonds. The second kappa shape index (κ2) is 8.44. The van der Waals surface area contributed by atoms with Gasteiger partial charge in [0.25, 0.3) is 11.1 Å². The predicted molar refractivity (Wildman–Crippen MR) is 112 cm³/mol. The maximum atomic E-state index is 12.1. The van der Waals surface area contributed by atoms with Crippen LogP contribution in [0.4, 0.5) is 11.9 Å². The van der Waals surface area contributed by atoms with Crippen LogP contribution in [-0.4, -0.2) is 94.1 Å². The number of aliphatic hydroxyl groups excluding tert-OH is 6. The summed E-state index contributed by atoms with van der Waals surface area (Å²) >= 11 is 0. The van der Waals surface area contributed by atoms with Gasteiger partial charge in [-0.1, -0.05) is 0 Å². The van der Waals surface area contributed by atoms with E-state index in [0.29, 0.717) is 0 Å². The van der Waals surface area contributed by atoms with Gasteiger partial charge in [0.2, 0.25) is 11.9 Å². The number of hydrogen-bond donors (Lipinski definition) is 10. The van der Waals surface area contributed by atoms with Gasteiger partial charge in [-0.05, 0) is 0 Å². The summed E-state index contributed by atoms with van der Waals surface area (Å²) in [7, 11) is 0. The van der Waals surface area contributed by atoms with Crippen molar-refractivity contribution in [2.24, 2.45) is 0 Å². The smallest absolute Gasteiger partial charge is 0.278 e. The second-order valence-electron chi connectivity index (χ2n) is 7.34. The monoisotopic (exact) mass is 480 g/mol. The van der Waals surface area contributed by atoms with E-state index in [9.17, 15) is 40.2 Å². The number of hydrogen-bond acceptors (Lipinski definition) is 14. The highest BCUT2D eigenvalue weighted by Gasteiger charge is 2.39. The van der Waals surface area contributed by atoms with Crippen molar-refractivity contribution in [3.05, 3.63) is 33.4 Å². The van der Waals surface area contributed by atoms with E-state index in [4.69, 9.17) is 11.5 Å². The Hall–Kier alpha value is -3.94. The van der Waals surface area contributed by atoms with Gasteiger partial charge in [-0.3, -0.25) is 28.7 Å². The molecular weight excluding hydrogens is 460 g/mol. The molecule has 0 aromatic carbocycles. The van der Waals surface area contributed by atoms with Gasteiger partial charge in [0, 0.05) is 0 Å². The number of nitrogens with two attached hydrogens (primary N) is 2. The minimum Gasteiger partial charge on any atom is -0.387 e. The Morgan fingerprint density at radius 2 is 1.03 bits per heavy atom. The Morgan fingerprint density at radius 1 is 0.676 bits per heavy atom. The molecule has 12 N–H and O–H groups in total. The Morgan fingerprint density at radius 3 is 1.38 bits per heavy atom. The highest BCUT2D eigenvalue weighted by Crippen LogP contribution is 2.23. The molecule has 2 unspecified atom stereocenters. The molecule has 6 atom stereocenters. The van der Waals surface area contributed by atoms with Crippen LogP contribution in [-0.2, 0) is 0 Å². The van der Waals surface area contributed by atoms with Crippen molar-refractivity contribution in [2.45, 2.75) is 36.9 Å². The van der Waals surface area contributed by atoms with Crippen molar-refractivity contribution >= 4 is 34.2 Å². The molecule has 0 radical (unpaired) electrons. The summed E-state index contributed by atoms with van der Waals surface area (Å²) in [4.78, 5) is 43.7. The van der Waals surface area contributed by atoms with Crippen molar-refractivity contribution in [3.63, 3.8) is 0 Å².